The molecule has 0 saturated carbocycles. The molecule has 7 heteroatoms. The topological polar surface area (TPSA) is 84.9 Å². The van der Waals surface area contributed by atoms with Crippen molar-refractivity contribution in [2.24, 2.45) is 0 Å². The number of carbonyl (C=O) groups excluding carboxylic acids is 1. The van der Waals surface area contributed by atoms with E-state index < -0.39 is 18.0 Å². The first-order valence-corrected chi connectivity index (χ1v) is 10.0. The highest BCUT2D eigenvalue weighted by molar-refractivity contribution is 5.93. The maximum Gasteiger partial charge on any atom is 0.339 e. The molecule has 0 aliphatic carbocycles. The highest BCUT2D eigenvalue weighted by atomic mass is 19.1. The van der Waals surface area contributed by atoms with Crippen molar-refractivity contribution in [2.75, 3.05) is 14.2 Å². The van der Waals surface area contributed by atoms with E-state index in [4.69, 9.17) is 9.47 Å². The monoisotopic (exact) mass is 435 g/mol. The van der Waals surface area contributed by atoms with Gasteiger partial charge in [0, 0.05) is 12.6 Å². The summed E-state index contributed by atoms with van der Waals surface area (Å²) in [5, 5.41) is 12.2. The molecule has 2 N–H and O–H groups in total. The predicted octanol–water partition coefficient (Wildman–Crippen LogP) is 4.47. The van der Waals surface area contributed by atoms with Gasteiger partial charge in [-0.1, -0.05) is 18.2 Å². The lowest BCUT2D eigenvalue weighted by atomic mass is 9.88. The summed E-state index contributed by atoms with van der Waals surface area (Å²) in [6, 6.07) is 14.6. The van der Waals surface area contributed by atoms with Crippen LogP contribution >= 0.6 is 0 Å². The van der Waals surface area contributed by atoms with Gasteiger partial charge in [-0.2, -0.15) is 0 Å². The second-order valence-electron chi connectivity index (χ2n) is 7.61. The summed E-state index contributed by atoms with van der Waals surface area (Å²) in [4.78, 5) is 24.5. The fourth-order valence-electron chi connectivity index (χ4n) is 4.11. The summed E-state index contributed by atoms with van der Waals surface area (Å²) in [5.41, 5.74) is 3.72. The van der Waals surface area contributed by atoms with Gasteiger partial charge >= 0.3 is 5.97 Å². The Morgan fingerprint density at radius 3 is 2.44 bits per heavy atom. The molecule has 2 atom stereocenters. The van der Waals surface area contributed by atoms with E-state index in [0.717, 1.165) is 11.1 Å². The minimum atomic E-state index is -1.09. The zero-order chi connectivity index (χ0) is 23.0. The minimum Gasteiger partial charge on any atom is -0.496 e. The van der Waals surface area contributed by atoms with Crippen molar-refractivity contribution in [3.8, 4) is 22.6 Å². The number of hydrogen-bond donors (Lipinski definition) is 2. The Hall–Kier alpha value is -3.87. The lowest BCUT2D eigenvalue weighted by Gasteiger charge is -2.18. The summed E-state index contributed by atoms with van der Waals surface area (Å²) in [7, 11) is 2.98. The largest absolute Gasteiger partial charge is 0.496 e. The molecule has 0 aromatic heterocycles. The Labute approximate surface area is 184 Å². The summed E-state index contributed by atoms with van der Waals surface area (Å²) < 4.78 is 24.7. The standard InChI is InChI=1S/C25H22FNO5/c1-13-10-21(31-3)19(25(29)30)12-17(13)15-6-9-20-18(11-15)22(24(28)27-2)23(32-20)14-4-7-16(26)8-5-14/h4-12,22-23H,1-3H3,(H,27,28)(H,29,30). The number of aromatic carboxylic acids is 1. The van der Waals surface area contributed by atoms with Gasteiger partial charge in [-0.25, -0.2) is 9.18 Å². The number of carboxylic acids is 1. The van der Waals surface area contributed by atoms with Gasteiger partial charge in [-0.15, -0.1) is 0 Å². The van der Waals surface area contributed by atoms with Crippen molar-refractivity contribution in [3.63, 3.8) is 0 Å². The molecule has 0 spiro atoms. The van der Waals surface area contributed by atoms with E-state index >= 15 is 0 Å². The molecule has 6 nitrogen and oxygen atoms in total. The maximum absolute atomic E-state index is 13.4. The van der Waals surface area contributed by atoms with Gasteiger partial charge in [0.25, 0.3) is 0 Å². The summed E-state index contributed by atoms with van der Waals surface area (Å²) >= 11 is 0. The first-order chi connectivity index (χ1) is 15.3. The molecule has 0 bridgehead atoms. The molecule has 1 heterocycles. The van der Waals surface area contributed by atoms with E-state index in [1.165, 1.54) is 19.2 Å². The van der Waals surface area contributed by atoms with Gasteiger partial charge in [0.05, 0.1) is 7.11 Å². The average molecular weight is 435 g/mol. The van der Waals surface area contributed by atoms with Crippen LogP contribution in [0.5, 0.6) is 11.5 Å². The van der Waals surface area contributed by atoms with Crippen molar-refractivity contribution >= 4 is 11.9 Å². The van der Waals surface area contributed by atoms with Crippen LogP contribution in [0.3, 0.4) is 0 Å². The zero-order valence-electron chi connectivity index (χ0n) is 17.8. The number of carbonyl (C=O) groups is 2. The van der Waals surface area contributed by atoms with Crippen molar-refractivity contribution < 1.29 is 28.6 Å². The quantitative estimate of drug-likeness (QED) is 0.618. The summed E-state index contributed by atoms with van der Waals surface area (Å²) in [6.45, 7) is 1.87. The smallest absolute Gasteiger partial charge is 0.339 e. The molecule has 3 aromatic rings. The molecule has 164 valence electrons. The summed E-state index contributed by atoms with van der Waals surface area (Å²) in [6.07, 6.45) is -0.604. The Morgan fingerprint density at radius 1 is 1.09 bits per heavy atom. The number of nitrogens with one attached hydrogen (secondary N) is 1. The van der Waals surface area contributed by atoms with Crippen LogP contribution in [-0.2, 0) is 4.79 Å². The van der Waals surface area contributed by atoms with Gasteiger partial charge in [-0.05, 0) is 65.6 Å². The third-order valence-corrected chi connectivity index (χ3v) is 5.72. The fourth-order valence-corrected chi connectivity index (χ4v) is 4.11. The van der Waals surface area contributed by atoms with Crippen molar-refractivity contribution in [1.82, 2.24) is 5.32 Å². The number of halogens is 1. The Balaban J connectivity index is 1.81. The number of ether oxygens (including phenoxy) is 2. The van der Waals surface area contributed by atoms with E-state index in [1.54, 1.807) is 37.4 Å². The molecule has 1 aliphatic heterocycles. The van der Waals surface area contributed by atoms with Gasteiger partial charge in [0.1, 0.15) is 34.9 Å². The Morgan fingerprint density at radius 2 is 1.81 bits per heavy atom. The summed E-state index contributed by atoms with van der Waals surface area (Å²) in [5.74, 6) is -1.49. The van der Waals surface area contributed by atoms with Crippen LogP contribution in [0, 0.1) is 12.7 Å². The van der Waals surface area contributed by atoms with E-state index in [2.05, 4.69) is 5.32 Å². The number of carboxylic acid groups (broad SMARTS) is 1. The Kier molecular flexibility index (Phi) is 5.57. The van der Waals surface area contributed by atoms with Crippen LogP contribution in [0.1, 0.15) is 39.1 Å². The van der Waals surface area contributed by atoms with E-state index in [9.17, 15) is 19.1 Å². The van der Waals surface area contributed by atoms with Gasteiger partial charge in [-0.3, -0.25) is 4.79 Å². The van der Waals surface area contributed by atoms with Crippen LogP contribution in [0.2, 0.25) is 0 Å². The van der Waals surface area contributed by atoms with Gasteiger partial charge < -0.3 is 19.9 Å². The number of rotatable bonds is 5. The zero-order valence-corrected chi connectivity index (χ0v) is 17.8. The van der Waals surface area contributed by atoms with E-state index in [0.29, 0.717) is 22.4 Å². The van der Waals surface area contributed by atoms with Crippen molar-refractivity contribution in [2.45, 2.75) is 18.9 Å². The average Bonchev–Trinajstić information content (AvgIpc) is 3.17. The van der Waals surface area contributed by atoms with Gasteiger partial charge in [0.15, 0.2) is 0 Å². The number of amides is 1. The molecule has 4 rings (SSSR count). The first-order valence-electron chi connectivity index (χ1n) is 10.0. The molecule has 3 aromatic carbocycles. The second-order valence-corrected chi connectivity index (χ2v) is 7.61. The van der Waals surface area contributed by atoms with Crippen LogP contribution in [0.25, 0.3) is 11.1 Å². The van der Waals surface area contributed by atoms with Crippen LogP contribution in [0.4, 0.5) is 4.39 Å². The lowest BCUT2D eigenvalue weighted by Crippen LogP contribution is -2.28. The Bertz CT molecular complexity index is 1210. The fraction of sp³-hybridized carbons (Fsp3) is 0.200. The van der Waals surface area contributed by atoms with Crippen LogP contribution < -0.4 is 14.8 Å². The first kappa shape index (κ1) is 21.4. The molecule has 0 radical (unpaired) electrons. The third-order valence-electron chi connectivity index (χ3n) is 5.72. The molecule has 32 heavy (non-hydrogen) atoms. The predicted molar refractivity (Wildman–Crippen MR) is 117 cm³/mol. The van der Waals surface area contributed by atoms with Gasteiger partial charge in [0.2, 0.25) is 5.91 Å². The highest BCUT2D eigenvalue weighted by Crippen LogP contribution is 2.48. The van der Waals surface area contributed by atoms with Crippen LogP contribution in [0.15, 0.2) is 54.6 Å². The molecule has 1 aliphatic rings. The van der Waals surface area contributed by atoms with Crippen molar-refractivity contribution in [1.29, 1.82) is 0 Å². The third kappa shape index (κ3) is 3.66. The maximum atomic E-state index is 13.4. The molecule has 1 amide bonds. The number of hydrogen-bond acceptors (Lipinski definition) is 4. The number of benzene rings is 3. The second kappa shape index (κ2) is 8.34. The SMILES string of the molecule is CNC(=O)C1c2cc(-c3cc(C(=O)O)c(OC)cc3C)ccc2OC1c1ccc(F)cc1. The molecular formula is C25H22FNO5. The van der Waals surface area contributed by atoms with E-state index in [1.807, 2.05) is 19.1 Å². The molecule has 2 unspecified atom stereocenters. The highest BCUT2D eigenvalue weighted by Gasteiger charge is 2.40. The lowest BCUT2D eigenvalue weighted by molar-refractivity contribution is -0.123. The normalized spacial score (nSPS) is 16.8. The molecule has 0 saturated heterocycles. The molecule has 0 fully saturated rings. The number of methoxy groups -OCH3 is 1. The number of aryl methyl sites for hydroxylation is 1. The van der Waals surface area contributed by atoms with Crippen molar-refractivity contribution in [3.05, 3.63) is 82.7 Å². The van der Waals surface area contributed by atoms with E-state index in [-0.39, 0.29) is 23.0 Å². The number of fused-ring (bicyclic) bond motifs is 1. The minimum absolute atomic E-state index is 0.0527. The number of likely N-dealkylation sites (N-methyl/N-ethyl adjacent to an activating group) is 1. The molecular weight excluding hydrogens is 413 g/mol. The van der Waals surface area contributed by atoms with Crippen LogP contribution in [-0.4, -0.2) is 31.1 Å².